The zero-order chi connectivity index (χ0) is 12.7. The molecule has 0 aliphatic carbocycles. The molecule has 0 spiro atoms. The Balaban J connectivity index is 2.72. The molecule has 1 unspecified atom stereocenters. The number of hydrogen-bond acceptors (Lipinski definition) is 4. The summed E-state index contributed by atoms with van der Waals surface area (Å²) < 4.78 is 15.5. The third-order valence-electron chi connectivity index (χ3n) is 2.37. The lowest BCUT2D eigenvalue weighted by Gasteiger charge is -2.24. The molecule has 0 N–H and O–H groups in total. The number of carbonyl (C=O) groups excluding carboxylic acids is 1. The van der Waals surface area contributed by atoms with Gasteiger partial charge in [0.05, 0.1) is 0 Å². The van der Waals surface area contributed by atoms with Gasteiger partial charge in [-0.25, -0.2) is 0 Å². The van der Waals surface area contributed by atoms with Gasteiger partial charge in [0.15, 0.2) is 12.4 Å². The summed E-state index contributed by atoms with van der Waals surface area (Å²) in [4.78, 5) is 11.0. The summed E-state index contributed by atoms with van der Waals surface area (Å²) in [6.07, 6.45) is -0.434. The molecule has 4 heteroatoms. The van der Waals surface area contributed by atoms with Gasteiger partial charge in [-0.15, -0.1) is 0 Å². The van der Waals surface area contributed by atoms with Crippen LogP contribution in [0.1, 0.15) is 12.5 Å². The van der Waals surface area contributed by atoms with Crippen molar-refractivity contribution >= 4 is 5.97 Å². The second kappa shape index (κ2) is 7.04. The minimum absolute atomic E-state index is 0.343. The van der Waals surface area contributed by atoms with Crippen molar-refractivity contribution in [2.45, 2.75) is 25.7 Å². The first-order valence-electron chi connectivity index (χ1n) is 5.44. The van der Waals surface area contributed by atoms with E-state index in [0.717, 1.165) is 5.56 Å². The van der Waals surface area contributed by atoms with E-state index in [9.17, 15) is 4.79 Å². The van der Waals surface area contributed by atoms with E-state index in [1.54, 1.807) is 0 Å². The second-order valence-corrected chi connectivity index (χ2v) is 3.68. The van der Waals surface area contributed by atoms with Crippen LogP contribution in [0.4, 0.5) is 0 Å². The van der Waals surface area contributed by atoms with Crippen LogP contribution >= 0.6 is 0 Å². The third-order valence-corrected chi connectivity index (χ3v) is 2.37. The monoisotopic (exact) mass is 238 g/mol. The smallest absolute Gasteiger partial charge is 0.303 e. The van der Waals surface area contributed by atoms with Gasteiger partial charge in [0, 0.05) is 27.6 Å². The molecule has 1 rings (SSSR count). The molecule has 1 aromatic rings. The largest absolute Gasteiger partial charge is 0.457 e. The van der Waals surface area contributed by atoms with Gasteiger partial charge in [0.2, 0.25) is 0 Å². The predicted molar refractivity (Wildman–Crippen MR) is 63.5 cm³/mol. The van der Waals surface area contributed by atoms with Crippen LogP contribution in [0.15, 0.2) is 30.3 Å². The summed E-state index contributed by atoms with van der Waals surface area (Å²) in [5, 5.41) is 0. The fourth-order valence-electron chi connectivity index (χ4n) is 1.65. The highest BCUT2D eigenvalue weighted by molar-refractivity contribution is 5.66. The Kier molecular flexibility index (Phi) is 5.66. The molecule has 0 aliphatic rings. The quantitative estimate of drug-likeness (QED) is 0.560. The number of carbonyl (C=O) groups is 1. The maximum absolute atomic E-state index is 11.0. The zero-order valence-corrected chi connectivity index (χ0v) is 10.4. The summed E-state index contributed by atoms with van der Waals surface area (Å²) in [6.45, 7) is 1.38. The highest BCUT2D eigenvalue weighted by atomic mass is 16.7. The summed E-state index contributed by atoms with van der Waals surface area (Å²) in [7, 11) is 3.05. The van der Waals surface area contributed by atoms with Gasteiger partial charge in [0.1, 0.15) is 0 Å². The lowest BCUT2D eigenvalue weighted by Crippen LogP contribution is -2.35. The van der Waals surface area contributed by atoms with Crippen molar-refractivity contribution in [2.75, 3.05) is 14.2 Å². The number of hydrogen-bond donors (Lipinski definition) is 0. The van der Waals surface area contributed by atoms with E-state index in [1.807, 2.05) is 30.3 Å². The van der Waals surface area contributed by atoms with Gasteiger partial charge < -0.3 is 14.2 Å². The Hall–Kier alpha value is -1.39. The van der Waals surface area contributed by atoms with Crippen LogP contribution in [-0.2, 0) is 25.4 Å². The molecular weight excluding hydrogens is 220 g/mol. The number of methoxy groups -OCH3 is 2. The van der Waals surface area contributed by atoms with Gasteiger partial charge in [0.25, 0.3) is 0 Å². The van der Waals surface area contributed by atoms with Crippen LogP contribution in [-0.4, -0.2) is 32.6 Å². The van der Waals surface area contributed by atoms with Crippen LogP contribution < -0.4 is 0 Å². The first kappa shape index (κ1) is 13.7. The van der Waals surface area contributed by atoms with Gasteiger partial charge in [-0.2, -0.15) is 0 Å². The van der Waals surface area contributed by atoms with Gasteiger partial charge >= 0.3 is 5.97 Å². The summed E-state index contributed by atoms with van der Waals surface area (Å²) in [6, 6.07) is 9.76. The predicted octanol–water partition coefficient (Wildman–Crippen LogP) is 1.78. The molecule has 0 fully saturated rings. The Bertz CT molecular complexity index is 333. The van der Waals surface area contributed by atoms with Crippen molar-refractivity contribution in [3.8, 4) is 0 Å². The minimum Gasteiger partial charge on any atom is -0.457 e. The van der Waals surface area contributed by atoms with Crippen LogP contribution in [0.3, 0.4) is 0 Å². The van der Waals surface area contributed by atoms with Crippen molar-refractivity contribution in [1.82, 2.24) is 0 Å². The zero-order valence-electron chi connectivity index (χ0n) is 10.4. The lowest BCUT2D eigenvalue weighted by atomic mass is 10.1. The molecule has 0 saturated carbocycles. The molecule has 0 heterocycles. The Labute approximate surface area is 101 Å². The number of ether oxygens (including phenoxy) is 3. The molecule has 1 atom stereocenters. The molecule has 0 bridgehead atoms. The highest BCUT2D eigenvalue weighted by Gasteiger charge is 2.24. The second-order valence-electron chi connectivity index (χ2n) is 3.68. The highest BCUT2D eigenvalue weighted by Crippen LogP contribution is 2.12. The molecule has 0 saturated heterocycles. The van der Waals surface area contributed by atoms with Gasteiger partial charge in [-0.05, 0) is 5.56 Å². The molecule has 0 aromatic heterocycles. The van der Waals surface area contributed by atoms with E-state index >= 15 is 0 Å². The van der Waals surface area contributed by atoms with Crippen LogP contribution in [0.5, 0.6) is 0 Å². The van der Waals surface area contributed by atoms with E-state index in [2.05, 4.69) is 0 Å². The fourth-order valence-corrected chi connectivity index (χ4v) is 1.65. The molecular formula is C13H18O4. The summed E-state index contributed by atoms with van der Waals surface area (Å²) in [5.74, 6) is -0.343. The van der Waals surface area contributed by atoms with Crippen molar-refractivity contribution in [2.24, 2.45) is 0 Å². The van der Waals surface area contributed by atoms with E-state index in [1.165, 1.54) is 21.1 Å². The van der Waals surface area contributed by atoms with E-state index in [4.69, 9.17) is 14.2 Å². The molecule has 4 nitrogen and oxygen atoms in total. The molecule has 17 heavy (non-hydrogen) atoms. The van der Waals surface area contributed by atoms with Crippen molar-refractivity contribution in [3.05, 3.63) is 35.9 Å². The van der Waals surface area contributed by atoms with Crippen molar-refractivity contribution < 1.29 is 19.0 Å². The Morgan fingerprint density at radius 3 is 2.24 bits per heavy atom. The molecule has 0 radical (unpaired) electrons. The molecule has 94 valence electrons. The fraction of sp³-hybridized carbons (Fsp3) is 0.462. The SMILES string of the molecule is COC(OC)C(Cc1ccccc1)OC(C)=O. The van der Waals surface area contributed by atoms with Gasteiger partial charge in [-0.3, -0.25) is 4.79 Å². The summed E-state index contributed by atoms with van der Waals surface area (Å²) >= 11 is 0. The summed E-state index contributed by atoms with van der Waals surface area (Å²) in [5.41, 5.74) is 1.07. The number of benzene rings is 1. The van der Waals surface area contributed by atoms with Gasteiger partial charge in [-0.1, -0.05) is 30.3 Å². The average molecular weight is 238 g/mol. The van der Waals surface area contributed by atoms with E-state index in [-0.39, 0.29) is 5.97 Å². The maximum Gasteiger partial charge on any atom is 0.303 e. The maximum atomic E-state index is 11.0. The van der Waals surface area contributed by atoms with Crippen molar-refractivity contribution in [3.63, 3.8) is 0 Å². The normalized spacial score (nSPS) is 12.5. The average Bonchev–Trinajstić information content (AvgIpc) is 2.31. The van der Waals surface area contributed by atoms with E-state index in [0.29, 0.717) is 6.42 Å². The van der Waals surface area contributed by atoms with Crippen molar-refractivity contribution in [1.29, 1.82) is 0 Å². The standard InChI is InChI=1S/C13H18O4/c1-10(14)17-12(13(15-2)16-3)9-11-7-5-4-6-8-11/h4-8,12-13H,9H2,1-3H3. The lowest BCUT2D eigenvalue weighted by molar-refractivity contribution is -0.189. The minimum atomic E-state index is -0.556. The number of rotatable bonds is 6. The Morgan fingerprint density at radius 2 is 1.76 bits per heavy atom. The van der Waals surface area contributed by atoms with Crippen LogP contribution in [0.25, 0.3) is 0 Å². The van der Waals surface area contributed by atoms with E-state index < -0.39 is 12.4 Å². The topological polar surface area (TPSA) is 44.8 Å². The van der Waals surface area contributed by atoms with Crippen LogP contribution in [0.2, 0.25) is 0 Å². The molecule has 0 aliphatic heterocycles. The Morgan fingerprint density at radius 1 is 1.18 bits per heavy atom. The first-order chi connectivity index (χ1) is 8.17. The first-order valence-corrected chi connectivity index (χ1v) is 5.44. The third kappa shape index (κ3) is 4.54. The molecule has 0 amide bonds. The molecule has 1 aromatic carbocycles. The van der Waals surface area contributed by atoms with Crippen LogP contribution in [0, 0.1) is 0 Å². The number of esters is 1.